The van der Waals surface area contributed by atoms with E-state index in [0.29, 0.717) is 16.9 Å². The molecule has 1 N–H and O–H groups in total. The number of hydrogen-bond acceptors (Lipinski definition) is 3. The van der Waals surface area contributed by atoms with Crippen LogP contribution in [0.25, 0.3) is 0 Å². The molecule has 1 aliphatic carbocycles. The lowest BCUT2D eigenvalue weighted by Gasteiger charge is -2.23. The van der Waals surface area contributed by atoms with Gasteiger partial charge in [0.1, 0.15) is 11.9 Å². The minimum atomic E-state index is -1.05. The van der Waals surface area contributed by atoms with Gasteiger partial charge in [-0.25, -0.2) is 4.79 Å². The molecular weight excluding hydrogens is 220 g/mol. The number of carbonyl (C=O) groups excluding carboxylic acids is 1. The minimum absolute atomic E-state index is 0.0886. The normalized spacial score (nSPS) is 20.4. The van der Waals surface area contributed by atoms with Crippen molar-refractivity contribution in [2.45, 2.75) is 6.10 Å². The molecule has 0 aromatic heterocycles. The van der Waals surface area contributed by atoms with Gasteiger partial charge in [0.05, 0.1) is 11.1 Å². The monoisotopic (exact) mass is 228 g/mol. The lowest BCUT2D eigenvalue weighted by molar-refractivity contribution is 0.0697. The van der Waals surface area contributed by atoms with Gasteiger partial charge in [-0.05, 0) is 24.3 Å². The van der Waals surface area contributed by atoms with Gasteiger partial charge in [-0.15, -0.1) is 0 Å². The van der Waals surface area contributed by atoms with Gasteiger partial charge >= 0.3 is 5.97 Å². The molecule has 1 aliphatic heterocycles. The number of aromatic carboxylic acids is 1. The number of carbonyl (C=O) groups is 2. The Morgan fingerprint density at radius 3 is 2.94 bits per heavy atom. The van der Waals surface area contributed by atoms with Crippen LogP contribution in [0.1, 0.15) is 20.7 Å². The topological polar surface area (TPSA) is 63.6 Å². The van der Waals surface area contributed by atoms with Gasteiger partial charge in [0.2, 0.25) is 0 Å². The summed E-state index contributed by atoms with van der Waals surface area (Å²) in [5.41, 5.74) is 0.960. The quantitative estimate of drug-likeness (QED) is 0.796. The molecule has 84 valence electrons. The van der Waals surface area contributed by atoms with Gasteiger partial charge in [0.15, 0.2) is 5.78 Å². The number of carboxylic acids is 1. The van der Waals surface area contributed by atoms with Crippen molar-refractivity contribution in [2.75, 3.05) is 0 Å². The standard InChI is InChI=1S/C13H8O4/c14-12-8-2-1-3-10(8)17-11-5-4-7(13(15)16)6-9(11)12/h1-6,10H,(H,15,16). The van der Waals surface area contributed by atoms with Crippen molar-refractivity contribution in [3.05, 3.63) is 53.1 Å². The highest BCUT2D eigenvalue weighted by Crippen LogP contribution is 2.33. The number of ether oxygens (including phenoxy) is 1. The summed E-state index contributed by atoms with van der Waals surface area (Å²) in [4.78, 5) is 22.9. The fraction of sp³-hybridized carbons (Fsp3) is 0.0769. The highest BCUT2D eigenvalue weighted by Gasteiger charge is 2.32. The first kappa shape index (κ1) is 9.84. The average molecular weight is 228 g/mol. The molecule has 0 saturated carbocycles. The SMILES string of the molecule is O=C(O)c1ccc2c(c1)C(=O)C1=CC=CC1O2. The molecule has 0 radical (unpaired) electrons. The van der Waals surface area contributed by atoms with Crippen molar-refractivity contribution in [2.24, 2.45) is 0 Å². The Labute approximate surface area is 96.8 Å². The fourth-order valence-electron chi connectivity index (χ4n) is 2.00. The Morgan fingerprint density at radius 1 is 1.35 bits per heavy atom. The summed E-state index contributed by atoms with van der Waals surface area (Å²) in [6, 6.07) is 4.32. The van der Waals surface area contributed by atoms with Gasteiger partial charge in [-0.2, -0.15) is 0 Å². The Kier molecular flexibility index (Phi) is 1.92. The first-order valence-electron chi connectivity index (χ1n) is 5.14. The van der Waals surface area contributed by atoms with E-state index in [0.717, 1.165) is 0 Å². The van der Waals surface area contributed by atoms with Crippen LogP contribution in [0.4, 0.5) is 0 Å². The molecular formula is C13H8O4. The van der Waals surface area contributed by atoms with Crippen molar-refractivity contribution in [3.63, 3.8) is 0 Å². The zero-order valence-corrected chi connectivity index (χ0v) is 8.71. The maximum Gasteiger partial charge on any atom is 0.335 e. The van der Waals surface area contributed by atoms with E-state index in [1.54, 1.807) is 18.2 Å². The molecule has 0 saturated heterocycles. The van der Waals surface area contributed by atoms with Crippen molar-refractivity contribution in [1.29, 1.82) is 0 Å². The summed E-state index contributed by atoms with van der Waals surface area (Å²) >= 11 is 0. The van der Waals surface area contributed by atoms with Crippen LogP contribution in [0.3, 0.4) is 0 Å². The fourth-order valence-corrected chi connectivity index (χ4v) is 2.00. The van der Waals surface area contributed by atoms with E-state index in [1.165, 1.54) is 18.2 Å². The number of carboxylic acid groups (broad SMARTS) is 1. The number of rotatable bonds is 1. The van der Waals surface area contributed by atoms with E-state index in [9.17, 15) is 9.59 Å². The van der Waals surface area contributed by atoms with E-state index in [4.69, 9.17) is 9.84 Å². The third-order valence-electron chi connectivity index (χ3n) is 2.86. The van der Waals surface area contributed by atoms with Crippen LogP contribution in [-0.4, -0.2) is 23.0 Å². The Balaban J connectivity index is 2.13. The predicted octanol–water partition coefficient (Wildman–Crippen LogP) is 1.82. The zero-order chi connectivity index (χ0) is 12.0. The molecule has 4 heteroatoms. The summed E-state index contributed by atoms with van der Waals surface area (Å²) in [5.74, 6) is -0.778. The first-order chi connectivity index (χ1) is 8.16. The summed E-state index contributed by atoms with van der Waals surface area (Å²) in [6.45, 7) is 0. The largest absolute Gasteiger partial charge is 0.481 e. The van der Waals surface area contributed by atoms with Crippen LogP contribution in [0.15, 0.2) is 42.0 Å². The maximum absolute atomic E-state index is 12.1. The number of benzene rings is 1. The smallest absolute Gasteiger partial charge is 0.335 e. The Hall–Kier alpha value is -2.36. The Morgan fingerprint density at radius 2 is 2.18 bits per heavy atom. The lowest BCUT2D eigenvalue weighted by atomic mass is 9.95. The molecule has 1 aromatic rings. The number of fused-ring (bicyclic) bond motifs is 2. The minimum Gasteiger partial charge on any atom is -0.481 e. The molecule has 0 amide bonds. The Bertz CT molecular complexity index is 595. The number of Topliss-reactive ketones (excluding diaryl/α,β-unsaturated/α-hetero) is 1. The van der Waals surface area contributed by atoms with Gasteiger partial charge in [-0.1, -0.05) is 12.2 Å². The van der Waals surface area contributed by atoms with Crippen LogP contribution in [0.2, 0.25) is 0 Å². The summed E-state index contributed by atoms with van der Waals surface area (Å²) < 4.78 is 5.59. The molecule has 17 heavy (non-hydrogen) atoms. The predicted molar refractivity (Wildman–Crippen MR) is 59.4 cm³/mol. The van der Waals surface area contributed by atoms with E-state index in [2.05, 4.69) is 0 Å². The van der Waals surface area contributed by atoms with Crippen LogP contribution in [0, 0.1) is 0 Å². The molecule has 2 aliphatic rings. The van der Waals surface area contributed by atoms with E-state index >= 15 is 0 Å². The third-order valence-corrected chi connectivity index (χ3v) is 2.86. The van der Waals surface area contributed by atoms with Crippen LogP contribution < -0.4 is 4.74 Å². The molecule has 0 bridgehead atoms. The second-order valence-corrected chi connectivity index (χ2v) is 3.89. The average Bonchev–Trinajstić information content (AvgIpc) is 2.77. The summed E-state index contributed by atoms with van der Waals surface area (Å²) in [5, 5.41) is 8.88. The molecule has 1 aromatic carbocycles. The van der Waals surface area contributed by atoms with Crippen LogP contribution in [-0.2, 0) is 0 Å². The van der Waals surface area contributed by atoms with Crippen molar-refractivity contribution in [1.82, 2.24) is 0 Å². The highest BCUT2D eigenvalue weighted by atomic mass is 16.5. The number of hydrogen-bond donors (Lipinski definition) is 1. The van der Waals surface area contributed by atoms with Crippen molar-refractivity contribution < 1.29 is 19.4 Å². The maximum atomic E-state index is 12.1. The van der Waals surface area contributed by atoms with Gasteiger partial charge < -0.3 is 9.84 Å². The first-order valence-corrected chi connectivity index (χ1v) is 5.14. The lowest BCUT2D eigenvalue weighted by Crippen LogP contribution is -2.27. The second-order valence-electron chi connectivity index (χ2n) is 3.89. The molecule has 1 heterocycles. The van der Waals surface area contributed by atoms with Gasteiger partial charge in [-0.3, -0.25) is 4.79 Å². The molecule has 1 unspecified atom stereocenters. The molecule has 4 nitrogen and oxygen atoms in total. The molecule has 0 spiro atoms. The van der Waals surface area contributed by atoms with Gasteiger partial charge in [0, 0.05) is 5.57 Å². The molecule has 3 rings (SSSR count). The van der Waals surface area contributed by atoms with E-state index < -0.39 is 5.97 Å². The van der Waals surface area contributed by atoms with Crippen molar-refractivity contribution >= 4 is 11.8 Å². The summed E-state index contributed by atoms with van der Waals surface area (Å²) in [6.07, 6.45) is 4.93. The second kappa shape index (κ2) is 3.31. The number of allylic oxidation sites excluding steroid dienone is 2. The zero-order valence-electron chi connectivity index (χ0n) is 8.71. The summed E-state index contributed by atoms with van der Waals surface area (Å²) in [7, 11) is 0. The highest BCUT2D eigenvalue weighted by molar-refractivity contribution is 6.13. The number of ketones is 1. The van der Waals surface area contributed by atoms with Crippen LogP contribution >= 0.6 is 0 Å². The van der Waals surface area contributed by atoms with Gasteiger partial charge in [0.25, 0.3) is 0 Å². The van der Waals surface area contributed by atoms with E-state index in [1.807, 2.05) is 0 Å². The van der Waals surface area contributed by atoms with Crippen LogP contribution in [0.5, 0.6) is 5.75 Å². The third kappa shape index (κ3) is 1.38. The molecule has 1 atom stereocenters. The molecule has 0 fully saturated rings. The van der Waals surface area contributed by atoms with Crippen molar-refractivity contribution in [3.8, 4) is 5.75 Å². The van der Waals surface area contributed by atoms with E-state index in [-0.39, 0.29) is 17.5 Å².